The molecule has 7 rings (SSSR count). The number of rotatable bonds is 12. The summed E-state index contributed by atoms with van der Waals surface area (Å²) < 4.78 is 15.2. The van der Waals surface area contributed by atoms with Gasteiger partial charge in [-0.05, 0) is 47.3 Å². The number of H-pyrrole nitrogens is 2. The van der Waals surface area contributed by atoms with Crippen LogP contribution in [-0.2, 0) is 23.8 Å². The molecule has 4 N–H and O–H groups in total. The molecule has 0 unspecified atom stereocenters. The second-order valence-corrected chi connectivity index (χ2v) is 16.4. The van der Waals surface area contributed by atoms with Crippen LogP contribution < -0.4 is 10.6 Å². The molecular weight excluding hydrogens is 764 g/mol. The minimum atomic E-state index is -0.761. The molecule has 308 valence electrons. The Morgan fingerprint density at radius 1 is 0.741 bits per heavy atom. The Balaban J connectivity index is 1.04. The number of benzene rings is 2. The molecule has 2 aromatic carbocycles. The maximum Gasteiger partial charge on any atom is 0.407 e. The summed E-state index contributed by atoms with van der Waals surface area (Å²) in [6, 6.07) is 14.1. The topological polar surface area (TPSA) is 184 Å². The van der Waals surface area contributed by atoms with Gasteiger partial charge in [0.2, 0.25) is 11.8 Å². The first-order valence-electron chi connectivity index (χ1n) is 19.7. The second kappa shape index (κ2) is 16.8. The van der Waals surface area contributed by atoms with Crippen LogP contribution >= 0.6 is 11.6 Å². The molecular formula is C42H51ClN8O7. The molecule has 0 radical (unpaired) electrons. The minimum absolute atomic E-state index is 0.115. The van der Waals surface area contributed by atoms with Crippen molar-refractivity contribution in [2.75, 3.05) is 27.9 Å². The smallest absolute Gasteiger partial charge is 0.407 e. The Bertz CT molecular complexity index is 2130. The van der Waals surface area contributed by atoms with Crippen LogP contribution in [0.1, 0.15) is 70.7 Å². The van der Waals surface area contributed by atoms with Crippen molar-refractivity contribution in [1.29, 1.82) is 0 Å². The number of carbonyl (C=O) groups excluding carboxylic acids is 4. The fraction of sp³-hybridized carbons (Fsp3) is 0.476. The third kappa shape index (κ3) is 8.14. The Morgan fingerprint density at radius 2 is 1.31 bits per heavy atom. The van der Waals surface area contributed by atoms with Crippen LogP contribution in [-0.4, -0.2) is 106 Å². The number of amides is 4. The number of hydrogen-bond acceptors (Lipinski definition) is 9. The predicted molar refractivity (Wildman–Crippen MR) is 216 cm³/mol. The summed E-state index contributed by atoms with van der Waals surface area (Å²) in [5.41, 5.74) is 5.19. The number of nitrogens with one attached hydrogen (secondary N) is 4. The number of methoxy groups -OCH3 is 3. The van der Waals surface area contributed by atoms with Crippen LogP contribution in [0.3, 0.4) is 0 Å². The normalized spacial score (nSPS) is 22.1. The van der Waals surface area contributed by atoms with Crippen molar-refractivity contribution in [2.24, 2.45) is 17.8 Å². The standard InChI is InChI=1S/C42H51ClN8O7/c1-21(2)33(47-41(54)57-6)39(52)50-20-28(56-5)18-31(50)37-44-19-29(45-37)25-12-8-23(9-13-25)24-10-14-26(15-11-24)35-36(43)49-38(46-35)32-17-27-16-30(27)51(32)40(53)34(22(3)4)48-42(55)58-7/h8-15,19,21-22,27-28,30-34H,16-18,20H2,1-7H3,(H,44,45)(H,46,49)(H,47,54)(H,48,55)/t27-,28+,30-,31+,32+,33+,34+/m1/s1. The summed E-state index contributed by atoms with van der Waals surface area (Å²) >= 11 is 6.75. The summed E-state index contributed by atoms with van der Waals surface area (Å²) in [7, 11) is 4.19. The van der Waals surface area contributed by atoms with E-state index >= 15 is 0 Å². The molecule has 3 fully saturated rings. The summed E-state index contributed by atoms with van der Waals surface area (Å²) in [5, 5.41) is 5.79. The Kier molecular flexibility index (Phi) is 11.8. The van der Waals surface area contributed by atoms with Gasteiger partial charge in [-0.3, -0.25) is 9.59 Å². The number of carbonyl (C=O) groups is 4. The van der Waals surface area contributed by atoms with E-state index in [-0.39, 0.29) is 47.9 Å². The molecule has 4 amide bonds. The van der Waals surface area contributed by atoms with Crippen molar-refractivity contribution in [3.63, 3.8) is 0 Å². The highest BCUT2D eigenvalue weighted by Crippen LogP contribution is 2.53. The molecule has 4 aromatic rings. The van der Waals surface area contributed by atoms with Gasteiger partial charge >= 0.3 is 12.2 Å². The van der Waals surface area contributed by atoms with Gasteiger partial charge in [0.25, 0.3) is 0 Å². The molecule has 0 bridgehead atoms. The zero-order valence-electron chi connectivity index (χ0n) is 33.7. The SMILES string of the molecule is COC(=O)N[C@H](C(=O)N1C[C@@H](OC)C[C@H]1c1ncc(-c2ccc(-c3ccc(-c4nc([C@@H]5C[C@H]6C[C@H]6N5C(=O)[C@@H](NC(=O)OC)C(C)C)[nH]c4Cl)cc3)cc2)[nH]1)C(C)C. The van der Waals surface area contributed by atoms with Crippen molar-refractivity contribution >= 4 is 35.6 Å². The molecule has 15 nitrogen and oxygen atoms in total. The summed E-state index contributed by atoms with van der Waals surface area (Å²) in [5.74, 6) is 1.01. The lowest BCUT2D eigenvalue weighted by molar-refractivity contribution is -0.137. The van der Waals surface area contributed by atoms with Gasteiger partial charge in [-0.15, -0.1) is 0 Å². The second-order valence-electron chi connectivity index (χ2n) is 16.0. The predicted octanol–water partition coefficient (Wildman–Crippen LogP) is 6.50. The molecule has 16 heteroatoms. The number of imidazole rings is 2. The molecule has 1 aliphatic carbocycles. The number of nitrogens with zero attached hydrogens (tertiary/aromatic N) is 4. The monoisotopic (exact) mass is 814 g/mol. The van der Waals surface area contributed by atoms with Gasteiger partial charge in [0.15, 0.2) is 0 Å². The van der Waals surface area contributed by atoms with Gasteiger partial charge in [-0.1, -0.05) is 87.8 Å². The lowest BCUT2D eigenvalue weighted by atomic mass is 10.0. The van der Waals surface area contributed by atoms with Gasteiger partial charge in [0.1, 0.15) is 34.6 Å². The maximum atomic E-state index is 13.8. The van der Waals surface area contributed by atoms with E-state index in [9.17, 15) is 19.2 Å². The van der Waals surface area contributed by atoms with Crippen molar-refractivity contribution in [2.45, 2.75) is 83.3 Å². The molecule has 2 saturated heterocycles. The number of fused-ring (bicyclic) bond motifs is 1. The van der Waals surface area contributed by atoms with Crippen molar-refractivity contribution < 1.29 is 33.4 Å². The first kappa shape index (κ1) is 40.8. The minimum Gasteiger partial charge on any atom is -0.453 e. The summed E-state index contributed by atoms with van der Waals surface area (Å²) in [6.45, 7) is 7.92. The number of halogens is 1. The maximum absolute atomic E-state index is 13.8. The molecule has 58 heavy (non-hydrogen) atoms. The largest absolute Gasteiger partial charge is 0.453 e. The highest BCUT2D eigenvalue weighted by atomic mass is 35.5. The number of likely N-dealkylation sites (tertiary alicyclic amines) is 2. The van der Waals surface area contributed by atoms with Crippen LogP contribution in [0.15, 0.2) is 54.7 Å². The van der Waals surface area contributed by atoms with E-state index in [0.717, 1.165) is 40.8 Å². The Hall–Kier alpha value is -5.41. The number of ether oxygens (including phenoxy) is 3. The lowest BCUT2D eigenvalue weighted by Gasteiger charge is -2.31. The molecule has 7 atom stereocenters. The molecule has 0 spiro atoms. The number of piperidine rings is 1. The van der Waals surface area contributed by atoms with Gasteiger partial charge in [-0.2, -0.15) is 0 Å². The molecule has 4 heterocycles. The molecule has 2 aromatic heterocycles. The quantitative estimate of drug-likeness (QED) is 0.124. The van der Waals surface area contributed by atoms with Crippen LogP contribution in [0.5, 0.6) is 0 Å². The van der Waals surface area contributed by atoms with E-state index in [2.05, 4.69) is 25.6 Å². The van der Waals surface area contributed by atoms with E-state index in [4.69, 9.17) is 30.8 Å². The summed E-state index contributed by atoms with van der Waals surface area (Å²) in [6.07, 6.45) is 2.57. The number of alkyl carbamates (subject to hydrolysis) is 2. The van der Waals surface area contributed by atoms with Crippen LogP contribution in [0.4, 0.5) is 9.59 Å². The van der Waals surface area contributed by atoms with Gasteiger partial charge < -0.3 is 44.6 Å². The lowest BCUT2D eigenvalue weighted by Crippen LogP contribution is -2.52. The first-order chi connectivity index (χ1) is 27.8. The van der Waals surface area contributed by atoms with Crippen molar-refractivity contribution in [1.82, 2.24) is 40.4 Å². The average molecular weight is 815 g/mol. The number of aromatic amines is 2. The Morgan fingerprint density at radius 3 is 1.88 bits per heavy atom. The zero-order chi connectivity index (χ0) is 41.4. The number of hydrogen-bond donors (Lipinski definition) is 4. The van der Waals surface area contributed by atoms with E-state index in [0.29, 0.717) is 41.4 Å². The molecule has 2 aliphatic heterocycles. The van der Waals surface area contributed by atoms with Crippen LogP contribution in [0.2, 0.25) is 5.15 Å². The van der Waals surface area contributed by atoms with E-state index in [1.54, 1.807) is 18.2 Å². The zero-order valence-corrected chi connectivity index (χ0v) is 34.5. The first-order valence-corrected chi connectivity index (χ1v) is 20.0. The van der Waals surface area contributed by atoms with E-state index in [1.165, 1.54) is 14.2 Å². The fourth-order valence-corrected chi connectivity index (χ4v) is 8.51. The van der Waals surface area contributed by atoms with Gasteiger partial charge in [0.05, 0.1) is 44.3 Å². The van der Waals surface area contributed by atoms with E-state index < -0.39 is 24.3 Å². The highest BCUT2D eigenvalue weighted by Gasteiger charge is 2.56. The van der Waals surface area contributed by atoms with E-state index in [1.807, 2.05) is 81.1 Å². The highest BCUT2D eigenvalue weighted by molar-refractivity contribution is 6.31. The van der Waals surface area contributed by atoms with Crippen molar-refractivity contribution in [3.05, 3.63) is 71.5 Å². The summed E-state index contributed by atoms with van der Waals surface area (Å²) in [4.78, 5) is 71.5. The van der Waals surface area contributed by atoms with Crippen molar-refractivity contribution in [3.8, 4) is 33.6 Å². The third-order valence-corrected chi connectivity index (χ3v) is 11.9. The third-order valence-electron chi connectivity index (χ3n) is 11.6. The van der Waals surface area contributed by atoms with Crippen LogP contribution in [0.25, 0.3) is 33.6 Å². The Labute approximate surface area is 342 Å². The molecule has 3 aliphatic rings. The number of aromatic nitrogens is 4. The van der Waals surface area contributed by atoms with Gasteiger partial charge in [0, 0.05) is 31.7 Å². The molecule has 1 saturated carbocycles. The fourth-order valence-electron chi connectivity index (χ4n) is 8.26. The average Bonchev–Trinajstić information content (AvgIpc) is 3.66. The van der Waals surface area contributed by atoms with Crippen LogP contribution in [0, 0.1) is 17.8 Å². The van der Waals surface area contributed by atoms with Gasteiger partial charge in [-0.25, -0.2) is 19.6 Å².